The SMILES string of the molecule is C#C[C@H]1O[C@H](COCc2ccccc2)[C@H]2OC(C)(C)O[C@]21CO. The predicted octanol–water partition coefficient (Wildman–Crippen LogP) is 1.49. The van der Waals surface area contributed by atoms with Crippen molar-refractivity contribution in [1.29, 1.82) is 0 Å². The number of ether oxygens (including phenoxy) is 4. The first-order valence-corrected chi connectivity index (χ1v) is 7.73. The van der Waals surface area contributed by atoms with Crippen molar-refractivity contribution < 1.29 is 24.1 Å². The second-order valence-electron chi connectivity index (χ2n) is 6.38. The summed E-state index contributed by atoms with van der Waals surface area (Å²) >= 11 is 0. The van der Waals surface area contributed by atoms with Crippen molar-refractivity contribution >= 4 is 0 Å². The monoisotopic (exact) mass is 318 g/mol. The Balaban J connectivity index is 1.68. The van der Waals surface area contributed by atoms with E-state index in [1.54, 1.807) is 13.8 Å². The van der Waals surface area contributed by atoms with Gasteiger partial charge in [-0.3, -0.25) is 0 Å². The minimum absolute atomic E-state index is 0.259. The molecule has 0 saturated carbocycles. The van der Waals surface area contributed by atoms with Crippen LogP contribution in [0.15, 0.2) is 30.3 Å². The van der Waals surface area contributed by atoms with Gasteiger partial charge in [0.2, 0.25) is 0 Å². The molecular formula is C18H22O5. The van der Waals surface area contributed by atoms with Gasteiger partial charge < -0.3 is 24.1 Å². The van der Waals surface area contributed by atoms with Crippen LogP contribution in [0.5, 0.6) is 0 Å². The maximum absolute atomic E-state index is 9.86. The molecule has 0 amide bonds. The Morgan fingerprint density at radius 2 is 2.04 bits per heavy atom. The molecule has 2 heterocycles. The molecule has 0 unspecified atom stereocenters. The molecule has 2 aliphatic rings. The molecular weight excluding hydrogens is 296 g/mol. The van der Waals surface area contributed by atoms with E-state index in [-0.39, 0.29) is 12.7 Å². The second kappa shape index (κ2) is 6.23. The smallest absolute Gasteiger partial charge is 0.164 e. The first-order chi connectivity index (χ1) is 11.0. The van der Waals surface area contributed by atoms with E-state index >= 15 is 0 Å². The average Bonchev–Trinajstić information content (AvgIpc) is 2.97. The summed E-state index contributed by atoms with van der Waals surface area (Å²) in [5.41, 5.74) is 0.0512. The molecule has 4 atom stereocenters. The molecule has 1 aromatic carbocycles. The number of rotatable bonds is 5. The lowest BCUT2D eigenvalue weighted by atomic mass is 9.92. The van der Waals surface area contributed by atoms with Crippen molar-refractivity contribution in [3.05, 3.63) is 35.9 Å². The molecule has 3 rings (SSSR count). The fourth-order valence-corrected chi connectivity index (χ4v) is 3.28. The van der Waals surface area contributed by atoms with Gasteiger partial charge in [0.05, 0.1) is 19.8 Å². The molecule has 0 spiro atoms. The molecule has 5 nitrogen and oxygen atoms in total. The largest absolute Gasteiger partial charge is 0.393 e. The summed E-state index contributed by atoms with van der Waals surface area (Å²) in [6.07, 6.45) is 4.06. The van der Waals surface area contributed by atoms with Crippen LogP contribution in [0.1, 0.15) is 19.4 Å². The highest BCUT2D eigenvalue weighted by Gasteiger charge is 2.65. The van der Waals surface area contributed by atoms with E-state index in [1.165, 1.54) is 0 Å². The summed E-state index contributed by atoms with van der Waals surface area (Å²) < 4.78 is 23.4. The molecule has 1 N–H and O–H groups in total. The lowest BCUT2D eigenvalue weighted by Crippen LogP contribution is -2.49. The first-order valence-electron chi connectivity index (χ1n) is 7.73. The standard InChI is InChI=1S/C18H22O5/c1-4-15-18(12-19)16(22-17(2,3)23-18)14(21-15)11-20-10-13-8-6-5-7-9-13/h1,5-9,14-16,19H,10-12H2,2-3H3/t14-,15-,16-,18+/m1/s1. The van der Waals surface area contributed by atoms with E-state index in [1.807, 2.05) is 30.3 Å². The minimum Gasteiger partial charge on any atom is -0.393 e. The predicted molar refractivity (Wildman–Crippen MR) is 83.4 cm³/mol. The molecule has 2 fully saturated rings. The van der Waals surface area contributed by atoms with E-state index in [0.717, 1.165) is 5.56 Å². The van der Waals surface area contributed by atoms with Crippen molar-refractivity contribution in [1.82, 2.24) is 0 Å². The Bertz CT molecular complexity index is 579. The average molecular weight is 318 g/mol. The van der Waals surface area contributed by atoms with Gasteiger partial charge in [0.15, 0.2) is 17.5 Å². The van der Waals surface area contributed by atoms with Crippen LogP contribution in [0.4, 0.5) is 0 Å². The third-order valence-electron chi connectivity index (χ3n) is 4.21. The summed E-state index contributed by atoms with van der Waals surface area (Å²) in [5.74, 6) is 1.74. The number of benzene rings is 1. The third-order valence-corrected chi connectivity index (χ3v) is 4.21. The summed E-state index contributed by atoms with van der Waals surface area (Å²) in [4.78, 5) is 0. The number of aliphatic hydroxyl groups is 1. The van der Waals surface area contributed by atoms with Crippen LogP contribution in [0.25, 0.3) is 0 Å². The van der Waals surface area contributed by atoms with E-state index in [4.69, 9.17) is 25.4 Å². The van der Waals surface area contributed by atoms with Crippen molar-refractivity contribution in [2.45, 2.75) is 50.2 Å². The van der Waals surface area contributed by atoms with Crippen LogP contribution in [0.2, 0.25) is 0 Å². The fraction of sp³-hybridized carbons (Fsp3) is 0.556. The van der Waals surface area contributed by atoms with Crippen molar-refractivity contribution in [3.63, 3.8) is 0 Å². The van der Waals surface area contributed by atoms with Gasteiger partial charge in [-0.25, -0.2) is 0 Å². The Morgan fingerprint density at radius 1 is 1.30 bits per heavy atom. The number of hydrogen-bond acceptors (Lipinski definition) is 5. The normalized spacial score (nSPS) is 35.0. The second-order valence-corrected chi connectivity index (χ2v) is 6.38. The molecule has 0 radical (unpaired) electrons. The maximum Gasteiger partial charge on any atom is 0.164 e. The minimum atomic E-state index is -1.03. The van der Waals surface area contributed by atoms with Gasteiger partial charge in [0.25, 0.3) is 0 Å². The number of hydrogen-bond donors (Lipinski definition) is 1. The van der Waals surface area contributed by atoms with Crippen molar-refractivity contribution in [2.75, 3.05) is 13.2 Å². The fourth-order valence-electron chi connectivity index (χ4n) is 3.28. The lowest BCUT2D eigenvalue weighted by Gasteiger charge is -2.28. The molecule has 124 valence electrons. The van der Waals surface area contributed by atoms with Crippen LogP contribution in [0.3, 0.4) is 0 Å². The highest BCUT2D eigenvalue weighted by atomic mass is 16.8. The van der Waals surface area contributed by atoms with Crippen LogP contribution in [0, 0.1) is 12.3 Å². The van der Waals surface area contributed by atoms with Gasteiger partial charge in [-0.05, 0) is 19.4 Å². The molecule has 5 heteroatoms. The third kappa shape index (κ3) is 3.01. The summed E-state index contributed by atoms with van der Waals surface area (Å²) in [5, 5.41) is 9.86. The zero-order valence-corrected chi connectivity index (χ0v) is 13.4. The van der Waals surface area contributed by atoms with Crippen molar-refractivity contribution in [3.8, 4) is 12.3 Å². The summed E-state index contributed by atoms with van der Waals surface area (Å²) in [7, 11) is 0. The molecule has 1 aromatic rings. The zero-order valence-electron chi connectivity index (χ0n) is 13.4. The number of fused-ring (bicyclic) bond motifs is 1. The van der Waals surface area contributed by atoms with Gasteiger partial charge >= 0.3 is 0 Å². The van der Waals surface area contributed by atoms with Crippen LogP contribution in [-0.2, 0) is 25.6 Å². The Kier molecular flexibility index (Phi) is 4.45. The lowest BCUT2D eigenvalue weighted by molar-refractivity contribution is -0.207. The number of aliphatic hydroxyl groups excluding tert-OH is 1. The number of terminal acetylenes is 1. The van der Waals surface area contributed by atoms with E-state index in [9.17, 15) is 5.11 Å². The molecule has 2 saturated heterocycles. The molecule has 0 bridgehead atoms. The Hall–Kier alpha value is -1.42. The van der Waals surface area contributed by atoms with E-state index < -0.39 is 23.6 Å². The molecule has 0 aliphatic carbocycles. The van der Waals surface area contributed by atoms with Crippen molar-refractivity contribution in [2.24, 2.45) is 0 Å². The van der Waals surface area contributed by atoms with Crippen LogP contribution in [-0.4, -0.2) is 48.0 Å². The maximum atomic E-state index is 9.86. The van der Waals surface area contributed by atoms with E-state index in [2.05, 4.69) is 5.92 Å². The molecule has 2 aliphatic heterocycles. The molecule has 23 heavy (non-hydrogen) atoms. The van der Waals surface area contributed by atoms with Crippen LogP contribution >= 0.6 is 0 Å². The highest BCUT2D eigenvalue weighted by molar-refractivity contribution is 5.19. The quantitative estimate of drug-likeness (QED) is 0.834. The van der Waals surface area contributed by atoms with Gasteiger partial charge in [-0.1, -0.05) is 36.3 Å². The zero-order chi connectivity index (χ0) is 16.5. The van der Waals surface area contributed by atoms with E-state index in [0.29, 0.717) is 13.2 Å². The van der Waals surface area contributed by atoms with Crippen LogP contribution < -0.4 is 0 Å². The topological polar surface area (TPSA) is 57.2 Å². The van der Waals surface area contributed by atoms with Gasteiger partial charge in [-0.2, -0.15) is 0 Å². The first kappa shape index (κ1) is 16.4. The Labute approximate surface area is 136 Å². The Morgan fingerprint density at radius 3 is 2.70 bits per heavy atom. The summed E-state index contributed by atoms with van der Waals surface area (Å²) in [6, 6.07) is 9.88. The van der Waals surface area contributed by atoms with Gasteiger partial charge in [0.1, 0.15) is 12.2 Å². The molecule has 0 aromatic heterocycles. The summed E-state index contributed by atoms with van der Waals surface area (Å²) in [6.45, 7) is 4.14. The highest BCUT2D eigenvalue weighted by Crippen LogP contribution is 2.46. The van der Waals surface area contributed by atoms with Gasteiger partial charge in [0, 0.05) is 0 Å². The van der Waals surface area contributed by atoms with Gasteiger partial charge in [-0.15, -0.1) is 6.42 Å².